The Balaban J connectivity index is 2.11. The summed E-state index contributed by atoms with van der Waals surface area (Å²) < 4.78 is 6.90. The van der Waals surface area contributed by atoms with E-state index in [4.69, 9.17) is 9.84 Å². The lowest BCUT2D eigenvalue weighted by atomic mass is 10.1. The van der Waals surface area contributed by atoms with Crippen molar-refractivity contribution >= 4 is 43.5 Å². The molecule has 0 atom stereocenters. The van der Waals surface area contributed by atoms with Crippen molar-refractivity contribution in [1.29, 1.82) is 0 Å². The molecule has 2 aromatic carbocycles. The number of benzene rings is 2. The Hall–Kier alpha value is -1.53. The van der Waals surface area contributed by atoms with Crippen molar-refractivity contribution in [3.8, 4) is 5.75 Å². The average molecular weight is 415 g/mol. The van der Waals surface area contributed by atoms with E-state index in [1.807, 2.05) is 18.2 Å². The zero-order valence-electron chi connectivity index (χ0n) is 11.2. The van der Waals surface area contributed by atoms with Crippen molar-refractivity contribution in [3.05, 3.63) is 56.5 Å². The van der Waals surface area contributed by atoms with E-state index in [0.29, 0.717) is 6.54 Å². The van der Waals surface area contributed by atoms with E-state index in [9.17, 15) is 4.79 Å². The van der Waals surface area contributed by atoms with Gasteiger partial charge in [0.05, 0.1) is 17.1 Å². The Bertz CT molecular complexity index is 674. The number of carboxylic acid groups (broad SMARTS) is 1. The zero-order valence-corrected chi connectivity index (χ0v) is 14.4. The molecule has 0 aliphatic rings. The second-order valence-electron chi connectivity index (χ2n) is 4.31. The summed E-state index contributed by atoms with van der Waals surface area (Å²) in [7, 11) is 1.62. The highest BCUT2D eigenvalue weighted by Gasteiger charge is 2.07. The van der Waals surface area contributed by atoms with Crippen molar-refractivity contribution < 1.29 is 14.6 Å². The predicted octanol–water partition coefficient (Wildman–Crippen LogP) is 4.53. The molecule has 0 spiro atoms. The van der Waals surface area contributed by atoms with Crippen LogP contribution in [0.5, 0.6) is 5.75 Å². The molecule has 2 rings (SSSR count). The summed E-state index contributed by atoms with van der Waals surface area (Å²) in [4.78, 5) is 10.9. The molecule has 0 aliphatic carbocycles. The quantitative estimate of drug-likeness (QED) is 0.754. The molecule has 21 heavy (non-hydrogen) atoms. The van der Waals surface area contributed by atoms with Crippen molar-refractivity contribution in [2.75, 3.05) is 12.4 Å². The van der Waals surface area contributed by atoms with E-state index in [1.165, 1.54) is 0 Å². The summed E-state index contributed by atoms with van der Waals surface area (Å²) in [5.41, 5.74) is 2.15. The van der Waals surface area contributed by atoms with Gasteiger partial charge >= 0.3 is 5.97 Å². The number of aromatic carboxylic acids is 1. The Kier molecular flexibility index (Phi) is 5.25. The monoisotopic (exact) mass is 413 g/mol. The first-order valence-corrected chi connectivity index (χ1v) is 7.69. The molecule has 2 aromatic rings. The third kappa shape index (κ3) is 3.98. The molecule has 0 heterocycles. The van der Waals surface area contributed by atoms with E-state index < -0.39 is 5.97 Å². The second-order valence-corrected chi connectivity index (χ2v) is 6.02. The lowest BCUT2D eigenvalue weighted by Gasteiger charge is -2.11. The van der Waals surface area contributed by atoms with E-state index in [0.717, 1.165) is 25.9 Å². The number of anilines is 1. The van der Waals surface area contributed by atoms with Crippen LogP contribution in [0, 0.1) is 0 Å². The molecule has 4 nitrogen and oxygen atoms in total. The van der Waals surface area contributed by atoms with Crippen LogP contribution in [0.25, 0.3) is 0 Å². The molecule has 0 saturated heterocycles. The summed E-state index contributed by atoms with van der Waals surface area (Å²) in [5, 5.41) is 12.2. The summed E-state index contributed by atoms with van der Waals surface area (Å²) in [6, 6.07) is 10.7. The first-order chi connectivity index (χ1) is 10.0. The first kappa shape index (κ1) is 15.9. The number of methoxy groups -OCH3 is 1. The van der Waals surface area contributed by atoms with Gasteiger partial charge in [-0.25, -0.2) is 4.79 Å². The van der Waals surface area contributed by atoms with Crippen molar-refractivity contribution in [1.82, 2.24) is 0 Å². The van der Waals surface area contributed by atoms with Crippen LogP contribution in [0.3, 0.4) is 0 Å². The van der Waals surface area contributed by atoms with Gasteiger partial charge in [-0.05, 0) is 45.8 Å². The number of carboxylic acids is 1. The van der Waals surface area contributed by atoms with E-state index in [2.05, 4.69) is 37.2 Å². The van der Waals surface area contributed by atoms with Crippen LogP contribution >= 0.6 is 31.9 Å². The topological polar surface area (TPSA) is 58.6 Å². The molecule has 0 radical (unpaired) electrons. The normalized spacial score (nSPS) is 10.2. The van der Waals surface area contributed by atoms with Crippen LogP contribution in [0.4, 0.5) is 5.69 Å². The maximum atomic E-state index is 10.9. The van der Waals surface area contributed by atoms with Crippen LogP contribution in [0.2, 0.25) is 0 Å². The van der Waals surface area contributed by atoms with Crippen LogP contribution in [0.15, 0.2) is 45.3 Å². The van der Waals surface area contributed by atoms with E-state index in [-0.39, 0.29) is 5.56 Å². The minimum Gasteiger partial charge on any atom is -0.495 e. The molecule has 0 aliphatic heterocycles. The maximum absolute atomic E-state index is 10.9. The third-order valence-electron chi connectivity index (χ3n) is 2.93. The average Bonchev–Trinajstić information content (AvgIpc) is 2.47. The van der Waals surface area contributed by atoms with Gasteiger partial charge in [0.1, 0.15) is 5.75 Å². The fourth-order valence-electron chi connectivity index (χ4n) is 1.79. The molecular formula is C15H13Br2NO3. The number of nitrogens with one attached hydrogen (secondary N) is 1. The number of halogens is 2. The molecule has 6 heteroatoms. The van der Waals surface area contributed by atoms with Crippen LogP contribution in [0.1, 0.15) is 15.9 Å². The third-order valence-corrected chi connectivity index (χ3v) is 4.33. The van der Waals surface area contributed by atoms with Crippen molar-refractivity contribution in [2.45, 2.75) is 6.54 Å². The Morgan fingerprint density at radius 1 is 1.19 bits per heavy atom. The Morgan fingerprint density at radius 2 is 1.95 bits per heavy atom. The van der Waals surface area contributed by atoms with Gasteiger partial charge in [0.25, 0.3) is 0 Å². The molecule has 0 bridgehead atoms. The highest BCUT2D eigenvalue weighted by atomic mass is 79.9. The number of hydrogen-bond acceptors (Lipinski definition) is 3. The van der Waals surface area contributed by atoms with Crippen LogP contribution < -0.4 is 10.1 Å². The Morgan fingerprint density at radius 3 is 2.57 bits per heavy atom. The second kappa shape index (κ2) is 6.95. The number of ether oxygens (including phenoxy) is 1. The maximum Gasteiger partial charge on any atom is 0.335 e. The van der Waals surface area contributed by atoms with Gasteiger partial charge < -0.3 is 15.2 Å². The summed E-state index contributed by atoms with van der Waals surface area (Å²) in [6.45, 7) is 0.575. The highest BCUT2D eigenvalue weighted by Crippen LogP contribution is 2.28. The lowest BCUT2D eigenvalue weighted by Crippen LogP contribution is -2.02. The summed E-state index contributed by atoms with van der Waals surface area (Å²) in [6.07, 6.45) is 0. The standard InChI is InChI=1S/C15H13Br2NO3/c1-21-14-7-11(4-5-12(14)16)18-8-10-3-2-9(15(19)20)6-13(10)17/h2-7,18H,8H2,1H3,(H,19,20). The van der Waals surface area contributed by atoms with Crippen LogP contribution in [-0.2, 0) is 6.54 Å². The Labute approximate surface area is 139 Å². The van der Waals surface area contributed by atoms with E-state index in [1.54, 1.807) is 25.3 Å². The van der Waals surface area contributed by atoms with Gasteiger partial charge in [-0.2, -0.15) is 0 Å². The van der Waals surface area contributed by atoms with Gasteiger partial charge in [0, 0.05) is 22.8 Å². The smallest absolute Gasteiger partial charge is 0.335 e. The van der Waals surface area contributed by atoms with E-state index >= 15 is 0 Å². The first-order valence-electron chi connectivity index (χ1n) is 6.10. The van der Waals surface area contributed by atoms with Gasteiger partial charge in [-0.1, -0.05) is 22.0 Å². The molecule has 0 fully saturated rings. The minimum absolute atomic E-state index is 0.260. The minimum atomic E-state index is -0.937. The molecule has 2 N–H and O–H groups in total. The number of hydrogen-bond donors (Lipinski definition) is 2. The molecule has 0 amide bonds. The molecular weight excluding hydrogens is 402 g/mol. The molecule has 110 valence electrons. The lowest BCUT2D eigenvalue weighted by molar-refractivity contribution is 0.0697. The molecule has 0 aromatic heterocycles. The van der Waals surface area contributed by atoms with Crippen LogP contribution in [-0.4, -0.2) is 18.2 Å². The fraction of sp³-hybridized carbons (Fsp3) is 0.133. The van der Waals surface area contributed by atoms with Gasteiger partial charge in [0.2, 0.25) is 0 Å². The largest absolute Gasteiger partial charge is 0.495 e. The summed E-state index contributed by atoms with van der Waals surface area (Å²) in [5.74, 6) is -0.187. The number of rotatable bonds is 5. The molecule has 0 unspecified atom stereocenters. The van der Waals surface area contributed by atoms with Crippen molar-refractivity contribution in [3.63, 3.8) is 0 Å². The SMILES string of the molecule is COc1cc(NCc2ccc(C(=O)O)cc2Br)ccc1Br. The highest BCUT2D eigenvalue weighted by molar-refractivity contribution is 9.10. The fourth-order valence-corrected chi connectivity index (χ4v) is 2.72. The van der Waals surface area contributed by atoms with Gasteiger partial charge in [0.15, 0.2) is 0 Å². The zero-order chi connectivity index (χ0) is 15.4. The number of carbonyl (C=O) groups is 1. The molecule has 0 saturated carbocycles. The summed E-state index contributed by atoms with van der Waals surface area (Å²) >= 11 is 6.80. The van der Waals surface area contributed by atoms with Gasteiger partial charge in [-0.15, -0.1) is 0 Å². The van der Waals surface area contributed by atoms with Crippen molar-refractivity contribution in [2.24, 2.45) is 0 Å². The predicted molar refractivity (Wildman–Crippen MR) is 89.1 cm³/mol. The van der Waals surface area contributed by atoms with Gasteiger partial charge in [-0.3, -0.25) is 0 Å².